The number of aliphatic hydroxyl groups is 2. The van der Waals surface area contributed by atoms with Crippen LogP contribution < -0.4 is 4.74 Å². The van der Waals surface area contributed by atoms with Gasteiger partial charge < -0.3 is 24.8 Å². The SMILES string of the molecule is CN(CC(O)COc1cccc2[nH]ccc12)CC(O)C1CC1. The van der Waals surface area contributed by atoms with Gasteiger partial charge in [-0.05, 0) is 44.0 Å². The second-order valence-electron chi connectivity index (χ2n) is 6.29. The van der Waals surface area contributed by atoms with Crippen LogP contribution in [0.15, 0.2) is 30.5 Å². The molecule has 1 aliphatic rings. The highest BCUT2D eigenvalue weighted by Gasteiger charge is 2.30. The van der Waals surface area contributed by atoms with Gasteiger partial charge in [0.25, 0.3) is 0 Å². The number of hydrogen-bond donors (Lipinski definition) is 3. The fourth-order valence-electron chi connectivity index (χ4n) is 2.80. The molecule has 0 saturated heterocycles. The van der Waals surface area contributed by atoms with Crippen molar-refractivity contribution in [3.05, 3.63) is 30.5 Å². The molecular weight excluding hydrogens is 280 g/mol. The minimum atomic E-state index is -0.578. The fraction of sp³-hybridized carbons (Fsp3) is 0.529. The van der Waals surface area contributed by atoms with Crippen LogP contribution in [0.4, 0.5) is 0 Å². The molecule has 1 aromatic carbocycles. The zero-order valence-corrected chi connectivity index (χ0v) is 12.9. The first-order valence-corrected chi connectivity index (χ1v) is 7.87. The Morgan fingerprint density at radius 3 is 2.86 bits per heavy atom. The third-order valence-electron chi connectivity index (χ3n) is 4.17. The molecule has 1 aromatic heterocycles. The summed E-state index contributed by atoms with van der Waals surface area (Å²) >= 11 is 0. The van der Waals surface area contributed by atoms with Gasteiger partial charge in [0.15, 0.2) is 0 Å². The summed E-state index contributed by atoms with van der Waals surface area (Å²) in [6.45, 7) is 1.34. The molecule has 2 atom stereocenters. The molecule has 0 spiro atoms. The number of hydrogen-bond acceptors (Lipinski definition) is 4. The Morgan fingerprint density at radius 1 is 1.27 bits per heavy atom. The van der Waals surface area contributed by atoms with E-state index in [1.165, 1.54) is 0 Å². The molecule has 1 heterocycles. The summed E-state index contributed by atoms with van der Waals surface area (Å²) < 4.78 is 5.75. The topological polar surface area (TPSA) is 68.7 Å². The number of likely N-dealkylation sites (N-methyl/N-ethyl adjacent to an activating group) is 1. The lowest BCUT2D eigenvalue weighted by Crippen LogP contribution is -2.38. The molecular formula is C17H24N2O3. The van der Waals surface area contributed by atoms with Crippen molar-refractivity contribution >= 4 is 10.9 Å². The van der Waals surface area contributed by atoms with Crippen molar-refractivity contribution in [3.63, 3.8) is 0 Å². The number of fused-ring (bicyclic) bond motifs is 1. The van der Waals surface area contributed by atoms with Crippen molar-refractivity contribution in [2.24, 2.45) is 5.92 Å². The van der Waals surface area contributed by atoms with Crippen LogP contribution in [-0.4, -0.2) is 59.0 Å². The van der Waals surface area contributed by atoms with Gasteiger partial charge in [0.05, 0.1) is 6.10 Å². The summed E-state index contributed by atoms with van der Waals surface area (Å²) in [5, 5.41) is 21.1. The molecule has 0 aliphatic heterocycles. The van der Waals surface area contributed by atoms with Crippen LogP contribution in [0.25, 0.3) is 10.9 Å². The first-order chi connectivity index (χ1) is 10.6. The van der Waals surface area contributed by atoms with Crippen molar-refractivity contribution in [1.29, 1.82) is 0 Å². The Morgan fingerprint density at radius 2 is 2.09 bits per heavy atom. The number of rotatable bonds is 8. The lowest BCUT2D eigenvalue weighted by molar-refractivity contribution is 0.0512. The number of aromatic nitrogens is 1. The van der Waals surface area contributed by atoms with Gasteiger partial charge >= 0.3 is 0 Å². The van der Waals surface area contributed by atoms with Crippen LogP contribution in [0.5, 0.6) is 5.75 Å². The highest BCUT2D eigenvalue weighted by Crippen LogP contribution is 2.32. The van der Waals surface area contributed by atoms with Gasteiger partial charge in [-0.1, -0.05) is 6.07 Å². The van der Waals surface area contributed by atoms with E-state index in [-0.39, 0.29) is 12.7 Å². The van der Waals surface area contributed by atoms with E-state index >= 15 is 0 Å². The average Bonchev–Trinajstić information content (AvgIpc) is 3.22. The first-order valence-electron chi connectivity index (χ1n) is 7.87. The van der Waals surface area contributed by atoms with Crippen LogP contribution in [0.3, 0.4) is 0 Å². The Kier molecular flexibility index (Phi) is 4.66. The molecule has 1 saturated carbocycles. The molecule has 1 fully saturated rings. The van der Waals surface area contributed by atoms with Gasteiger partial charge in [-0.25, -0.2) is 0 Å². The van der Waals surface area contributed by atoms with E-state index < -0.39 is 6.10 Å². The molecule has 2 aromatic rings. The molecule has 22 heavy (non-hydrogen) atoms. The summed E-state index contributed by atoms with van der Waals surface area (Å²) in [5.74, 6) is 1.24. The molecule has 0 amide bonds. The largest absolute Gasteiger partial charge is 0.490 e. The van der Waals surface area contributed by atoms with Gasteiger partial charge in [-0.15, -0.1) is 0 Å². The predicted octanol–water partition coefficient (Wildman–Crippen LogP) is 1.61. The van der Waals surface area contributed by atoms with Gasteiger partial charge in [-0.3, -0.25) is 0 Å². The third kappa shape index (κ3) is 3.80. The minimum Gasteiger partial charge on any atom is -0.490 e. The number of benzene rings is 1. The summed E-state index contributed by atoms with van der Waals surface area (Å²) in [6, 6.07) is 7.79. The molecule has 1 aliphatic carbocycles. The van der Waals surface area contributed by atoms with Crippen LogP contribution in [0, 0.1) is 5.92 Å². The number of aliphatic hydroxyl groups excluding tert-OH is 2. The van der Waals surface area contributed by atoms with Crippen LogP contribution in [0.2, 0.25) is 0 Å². The smallest absolute Gasteiger partial charge is 0.128 e. The van der Waals surface area contributed by atoms with Crippen molar-refractivity contribution in [3.8, 4) is 5.75 Å². The van der Waals surface area contributed by atoms with Crippen LogP contribution >= 0.6 is 0 Å². The quantitative estimate of drug-likeness (QED) is 0.693. The maximum absolute atomic E-state index is 10.1. The highest BCUT2D eigenvalue weighted by molar-refractivity contribution is 5.85. The van der Waals surface area contributed by atoms with Crippen LogP contribution in [0.1, 0.15) is 12.8 Å². The van der Waals surface area contributed by atoms with E-state index in [0.717, 1.165) is 29.5 Å². The fourth-order valence-corrected chi connectivity index (χ4v) is 2.80. The predicted molar refractivity (Wildman–Crippen MR) is 86.0 cm³/mol. The van der Waals surface area contributed by atoms with Crippen LogP contribution in [-0.2, 0) is 0 Å². The third-order valence-corrected chi connectivity index (χ3v) is 4.17. The Labute approximate surface area is 130 Å². The zero-order valence-electron chi connectivity index (χ0n) is 12.9. The van der Waals surface area contributed by atoms with Gasteiger partial charge in [0.1, 0.15) is 18.5 Å². The molecule has 5 heteroatoms. The zero-order chi connectivity index (χ0) is 15.5. The van der Waals surface area contributed by atoms with Crippen molar-refractivity contribution in [2.75, 3.05) is 26.7 Å². The van der Waals surface area contributed by atoms with Gasteiger partial charge in [0, 0.05) is 30.2 Å². The molecule has 120 valence electrons. The lowest BCUT2D eigenvalue weighted by Gasteiger charge is -2.23. The number of nitrogens with zero attached hydrogens (tertiary/aromatic N) is 1. The van der Waals surface area contributed by atoms with E-state index in [1.807, 2.05) is 42.4 Å². The molecule has 2 unspecified atom stereocenters. The maximum atomic E-state index is 10.1. The Hall–Kier alpha value is -1.56. The average molecular weight is 304 g/mol. The number of ether oxygens (including phenoxy) is 1. The standard InChI is InChI=1S/C17H24N2O3/c1-19(10-16(21)12-5-6-12)9-13(20)11-22-17-4-2-3-15-14(17)7-8-18-15/h2-4,7-8,12-13,16,18,20-21H,5-6,9-11H2,1H3. The summed E-state index contributed by atoms with van der Waals surface area (Å²) in [7, 11) is 1.92. The van der Waals surface area contributed by atoms with Gasteiger partial charge in [0.2, 0.25) is 0 Å². The maximum Gasteiger partial charge on any atom is 0.128 e. The van der Waals surface area contributed by atoms with E-state index in [2.05, 4.69) is 4.98 Å². The van der Waals surface area contributed by atoms with Crippen molar-refractivity contribution < 1.29 is 14.9 Å². The second-order valence-corrected chi connectivity index (χ2v) is 6.29. The first kappa shape index (κ1) is 15.3. The second kappa shape index (κ2) is 6.69. The molecule has 3 N–H and O–H groups in total. The van der Waals surface area contributed by atoms with E-state index in [0.29, 0.717) is 19.0 Å². The van der Waals surface area contributed by atoms with Crippen molar-refractivity contribution in [2.45, 2.75) is 25.0 Å². The lowest BCUT2D eigenvalue weighted by atomic mass is 10.2. The Bertz CT molecular complexity index is 609. The summed E-state index contributed by atoms with van der Waals surface area (Å²) in [5.41, 5.74) is 1.02. The Balaban J connectivity index is 1.47. The molecule has 5 nitrogen and oxygen atoms in total. The number of nitrogens with one attached hydrogen (secondary N) is 1. The summed E-state index contributed by atoms with van der Waals surface area (Å²) in [4.78, 5) is 5.11. The monoisotopic (exact) mass is 304 g/mol. The van der Waals surface area contributed by atoms with E-state index in [9.17, 15) is 10.2 Å². The van der Waals surface area contributed by atoms with E-state index in [4.69, 9.17) is 4.74 Å². The summed E-state index contributed by atoms with van der Waals surface area (Å²) in [6.07, 6.45) is 3.28. The van der Waals surface area contributed by atoms with Crippen molar-refractivity contribution in [1.82, 2.24) is 9.88 Å². The number of H-pyrrole nitrogens is 1. The normalized spacial score (nSPS) is 17.8. The highest BCUT2D eigenvalue weighted by atomic mass is 16.5. The molecule has 0 bridgehead atoms. The molecule has 3 rings (SSSR count). The number of aromatic amines is 1. The van der Waals surface area contributed by atoms with E-state index in [1.54, 1.807) is 0 Å². The minimum absolute atomic E-state index is 0.244. The van der Waals surface area contributed by atoms with Gasteiger partial charge in [-0.2, -0.15) is 0 Å². The molecule has 0 radical (unpaired) electrons.